The number of aromatic nitrogens is 3. The van der Waals surface area contributed by atoms with Crippen molar-refractivity contribution in [2.45, 2.75) is 43.4 Å². The molecule has 6 heteroatoms. The first-order valence-electron chi connectivity index (χ1n) is 6.78. The van der Waals surface area contributed by atoms with E-state index in [4.69, 9.17) is 23.2 Å². The van der Waals surface area contributed by atoms with Gasteiger partial charge in [-0.3, -0.25) is 0 Å². The van der Waals surface area contributed by atoms with Crippen LogP contribution >= 0.6 is 35.0 Å². The van der Waals surface area contributed by atoms with Crippen molar-refractivity contribution in [1.29, 1.82) is 0 Å². The summed E-state index contributed by atoms with van der Waals surface area (Å²) >= 11 is 14.3. The van der Waals surface area contributed by atoms with Gasteiger partial charge >= 0.3 is 0 Å². The third kappa shape index (κ3) is 2.66. The van der Waals surface area contributed by atoms with E-state index in [9.17, 15) is 0 Å². The normalized spacial score (nSPS) is 24.4. The van der Waals surface area contributed by atoms with Gasteiger partial charge in [0.25, 0.3) is 0 Å². The molecule has 1 aliphatic rings. The highest BCUT2D eigenvalue weighted by Crippen LogP contribution is 2.40. The molecule has 0 spiro atoms. The van der Waals surface area contributed by atoms with E-state index >= 15 is 0 Å². The Balaban J connectivity index is 2.09. The maximum absolute atomic E-state index is 6.30. The summed E-state index contributed by atoms with van der Waals surface area (Å²) in [7, 11) is 0. The lowest BCUT2D eigenvalue weighted by Gasteiger charge is -2.24. The van der Waals surface area contributed by atoms with Crippen LogP contribution in [0, 0.1) is 0 Å². The van der Waals surface area contributed by atoms with Crippen LogP contribution in [0.4, 0.5) is 0 Å². The molecule has 20 heavy (non-hydrogen) atoms. The van der Waals surface area contributed by atoms with Crippen LogP contribution in [0.3, 0.4) is 0 Å². The number of fused-ring (bicyclic) bond motifs is 1. The molecule has 0 saturated carbocycles. The molecule has 0 aliphatic carbocycles. The highest BCUT2D eigenvalue weighted by Gasteiger charge is 2.32. The molecule has 2 aromatic heterocycles. The first-order chi connectivity index (χ1) is 9.48. The molecular formula is C14H17Cl2N3S. The zero-order chi connectivity index (χ0) is 14.3. The quantitative estimate of drug-likeness (QED) is 0.766. The number of imidazole rings is 1. The highest BCUT2D eigenvalue weighted by atomic mass is 35.5. The number of halogens is 2. The van der Waals surface area contributed by atoms with Gasteiger partial charge in [0.1, 0.15) is 11.3 Å². The van der Waals surface area contributed by atoms with Crippen LogP contribution in [0.25, 0.3) is 11.2 Å². The molecule has 2 atom stereocenters. The van der Waals surface area contributed by atoms with Gasteiger partial charge in [0.15, 0.2) is 5.65 Å². The third-order valence-corrected chi connectivity index (χ3v) is 5.65. The fraction of sp³-hybridized carbons (Fsp3) is 0.571. The van der Waals surface area contributed by atoms with E-state index in [0.29, 0.717) is 5.02 Å². The van der Waals surface area contributed by atoms with Gasteiger partial charge in [-0.15, -0.1) is 11.6 Å². The van der Waals surface area contributed by atoms with Gasteiger partial charge in [0.05, 0.1) is 10.4 Å². The van der Waals surface area contributed by atoms with Gasteiger partial charge in [0, 0.05) is 17.5 Å². The smallest absolute Gasteiger partial charge is 0.160 e. The Morgan fingerprint density at radius 1 is 1.55 bits per heavy atom. The Bertz CT molecular complexity index is 633. The monoisotopic (exact) mass is 329 g/mol. The summed E-state index contributed by atoms with van der Waals surface area (Å²) in [6.45, 7) is 5.16. The summed E-state index contributed by atoms with van der Waals surface area (Å²) in [6.07, 6.45) is 4.18. The van der Waals surface area contributed by atoms with Gasteiger partial charge in [-0.25, -0.2) is 9.97 Å². The molecule has 1 saturated heterocycles. The van der Waals surface area contributed by atoms with Gasteiger partial charge in [-0.05, 0) is 38.5 Å². The number of alkyl halides is 1. The molecule has 2 aromatic rings. The molecule has 0 radical (unpaired) electrons. The van der Waals surface area contributed by atoms with Crippen LogP contribution in [-0.2, 0) is 6.54 Å². The summed E-state index contributed by atoms with van der Waals surface area (Å²) in [5.74, 6) is 2.11. The zero-order valence-corrected chi connectivity index (χ0v) is 13.9. The maximum Gasteiger partial charge on any atom is 0.160 e. The lowest BCUT2D eigenvalue weighted by molar-refractivity contribution is 0.504. The zero-order valence-electron chi connectivity index (χ0n) is 11.6. The molecule has 0 bridgehead atoms. The van der Waals surface area contributed by atoms with Crippen molar-refractivity contribution in [3.8, 4) is 0 Å². The average molecular weight is 330 g/mol. The predicted molar refractivity (Wildman–Crippen MR) is 86.9 cm³/mol. The summed E-state index contributed by atoms with van der Waals surface area (Å²) in [5.41, 5.74) is 1.71. The first-order valence-corrected chi connectivity index (χ1v) is 8.58. The van der Waals surface area contributed by atoms with Crippen molar-refractivity contribution >= 4 is 46.1 Å². The second-order valence-electron chi connectivity index (χ2n) is 5.57. The summed E-state index contributed by atoms with van der Waals surface area (Å²) in [5, 5.41) is 0.468. The van der Waals surface area contributed by atoms with Gasteiger partial charge < -0.3 is 4.57 Å². The Hall–Kier alpha value is -0.450. The second-order valence-corrected chi connectivity index (χ2v) is 8.34. The largest absolute Gasteiger partial charge is 0.310 e. The van der Waals surface area contributed by atoms with Gasteiger partial charge in [0.2, 0.25) is 0 Å². The van der Waals surface area contributed by atoms with E-state index < -0.39 is 0 Å². The fourth-order valence-electron chi connectivity index (χ4n) is 2.76. The lowest BCUT2D eigenvalue weighted by atomic mass is 10.1. The Kier molecular flexibility index (Phi) is 3.91. The number of nitrogens with zero attached hydrogens (tertiary/aromatic N) is 3. The molecule has 108 valence electrons. The standard InChI is InChI=1S/C14H17Cl2N3S/c1-9(15)12-18-11-6-10(16)7-17-13(11)19(12)8-14(2)4-3-5-20-14/h6-7,9H,3-5,8H2,1-2H3. The Morgan fingerprint density at radius 3 is 3.00 bits per heavy atom. The van der Waals surface area contributed by atoms with E-state index in [-0.39, 0.29) is 10.1 Å². The maximum atomic E-state index is 6.30. The molecule has 0 amide bonds. The number of pyridine rings is 1. The third-order valence-electron chi connectivity index (χ3n) is 3.73. The topological polar surface area (TPSA) is 30.7 Å². The van der Waals surface area contributed by atoms with Gasteiger partial charge in [-0.1, -0.05) is 11.6 Å². The summed E-state index contributed by atoms with van der Waals surface area (Å²) < 4.78 is 2.41. The van der Waals surface area contributed by atoms with Crippen LogP contribution in [0.15, 0.2) is 12.3 Å². The van der Waals surface area contributed by atoms with Crippen LogP contribution in [-0.4, -0.2) is 25.0 Å². The van der Waals surface area contributed by atoms with Crippen molar-refractivity contribution in [3.05, 3.63) is 23.1 Å². The molecule has 0 aromatic carbocycles. The van der Waals surface area contributed by atoms with Crippen LogP contribution in [0.5, 0.6) is 0 Å². The molecule has 3 nitrogen and oxygen atoms in total. The Morgan fingerprint density at radius 2 is 2.35 bits per heavy atom. The minimum absolute atomic E-state index is 0.141. The Labute approximate surface area is 133 Å². The van der Waals surface area contributed by atoms with Crippen molar-refractivity contribution in [3.63, 3.8) is 0 Å². The van der Waals surface area contributed by atoms with Crippen molar-refractivity contribution < 1.29 is 0 Å². The molecule has 1 aliphatic heterocycles. The van der Waals surface area contributed by atoms with E-state index in [2.05, 4.69) is 21.5 Å². The van der Waals surface area contributed by atoms with Crippen molar-refractivity contribution in [2.24, 2.45) is 0 Å². The van der Waals surface area contributed by atoms with Crippen LogP contribution in [0.1, 0.15) is 37.9 Å². The molecule has 2 unspecified atom stereocenters. The SMILES string of the molecule is CC(Cl)c1nc2cc(Cl)cnc2n1CC1(C)CCCS1. The first kappa shape index (κ1) is 14.5. The number of hydrogen-bond donors (Lipinski definition) is 0. The minimum atomic E-state index is -0.141. The molecular weight excluding hydrogens is 313 g/mol. The summed E-state index contributed by atoms with van der Waals surface area (Å²) in [6, 6.07) is 1.85. The second kappa shape index (κ2) is 5.39. The predicted octanol–water partition coefficient (Wildman–Crippen LogP) is 4.67. The highest BCUT2D eigenvalue weighted by molar-refractivity contribution is 8.00. The molecule has 3 heterocycles. The average Bonchev–Trinajstić information content (AvgIpc) is 2.94. The van der Waals surface area contributed by atoms with E-state index in [1.165, 1.54) is 18.6 Å². The summed E-state index contributed by atoms with van der Waals surface area (Å²) in [4.78, 5) is 9.08. The molecule has 3 rings (SSSR count). The van der Waals surface area contributed by atoms with Crippen molar-refractivity contribution in [2.75, 3.05) is 5.75 Å². The fourth-order valence-corrected chi connectivity index (χ4v) is 4.37. The number of hydrogen-bond acceptors (Lipinski definition) is 3. The van der Waals surface area contributed by atoms with Crippen molar-refractivity contribution in [1.82, 2.24) is 14.5 Å². The molecule has 0 N–H and O–H groups in total. The number of rotatable bonds is 3. The van der Waals surface area contributed by atoms with Crippen LogP contribution < -0.4 is 0 Å². The van der Waals surface area contributed by atoms with Gasteiger partial charge in [-0.2, -0.15) is 11.8 Å². The van der Waals surface area contributed by atoms with Crippen LogP contribution in [0.2, 0.25) is 5.02 Å². The molecule has 1 fully saturated rings. The van der Waals surface area contributed by atoms with E-state index in [1.54, 1.807) is 6.20 Å². The lowest BCUT2D eigenvalue weighted by Crippen LogP contribution is -2.25. The minimum Gasteiger partial charge on any atom is -0.310 e. The number of thioether (sulfide) groups is 1. The van der Waals surface area contributed by atoms with E-state index in [0.717, 1.165) is 23.5 Å². The van der Waals surface area contributed by atoms with E-state index in [1.807, 2.05) is 24.8 Å².